The third-order valence-corrected chi connectivity index (χ3v) is 3.47. The monoisotopic (exact) mass is 207 g/mol. The van der Waals surface area contributed by atoms with Crippen LogP contribution in [0.4, 0.5) is 0 Å². The minimum absolute atomic E-state index is 0.715. The van der Waals surface area contributed by atoms with E-state index in [1.54, 1.807) is 0 Å². The van der Waals surface area contributed by atoms with Crippen LogP contribution in [-0.4, -0.2) is 22.9 Å². The molecular weight excluding hydrogens is 186 g/mol. The third-order valence-electron chi connectivity index (χ3n) is 3.47. The second kappa shape index (κ2) is 4.35. The fraction of sp³-hybridized carbons (Fsp3) is 0.750. The van der Waals surface area contributed by atoms with Crippen molar-refractivity contribution in [2.24, 2.45) is 7.05 Å². The van der Waals surface area contributed by atoms with Crippen molar-refractivity contribution in [3.8, 4) is 0 Å². The molecule has 0 amide bonds. The molecule has 1 aliphatic rings. The summed E-state index contributed by atoms with van der Waals surface area (Å²) in [5.74, 6) is 0.715. The van der Waals surface area contributed by atoms with Crippen LogP contribution in [-0.2, 0) is 13.5 Å². The highest BCUT2D eigenvalue weighted by molar-refractivity contribution is 5.28. The number of aryl methyl sites for hydroxylation is 2. The first-order chi connectivity index (χ1) is 7.24. The molecule has 2 rings (SSSR count). The fourth-order valence-electron chi connectivity index (χ4n) is 2.76. The molecule has 0 aromatic carbocycles. The Hall–Kier alpha value is -0.830. The Kier molecular flexibility index (Phi) is 3.10. The molecule has 0 aliphatic carbocycles. The number of hydrogen-bond donors (Lipinski definition) is 1. The van der Waals surface area contributed by atoms with E-state index in [4.69, 9.17) is 0 Å². The van der Waals surface area contributed by atoms with Gasteiger partial charge in [-0.3, -0.25) is 4.68 Å². The smallest absolute Gasteiger partial charge is 0.0628 e. The molecule has 0 radical (unpaired) electrons. The summed E-state index contributed by atoms with van der Waals surface area (Å²) in [4.78, 5) is 0. The molecule has 0 bridgehead atoms. The summed E-state index contributed by atoms with van der Waals surface area (Å²) in [7, 11) is 2.09. The zero-order chi connectivity index (χ0) is 10.8. The maximum absolute atomic E-state index is 4.55. The van der Waals surface area contributed by atoms with E-state index in [0.29, 0.717) is 5.92 Å². The Morgan fingerprint density at radius 3 is 2.67 bits per heavy atom. The van der Waals surface area contributed by atoms with E-state index >= 15 is 0 Å². The van der Waals surface area contributed by atoms with Crippen LogP contribution < -0.4 is 5.32 Å². The number of hydrogen-bond acceptors (Lipinski definition) is 2. The summed E-state index contributed by atoms with van der Waals surface area (Å²) in [6, 6.07) is 0. The van der Waals surface area contributed by atoms with Gasteiger partial charge in [-0.15, -0.1) is 0 Å². The molecule has 1 aliphatic heterocycles. The van der Waals surface area contributed by atoms with Crippen LogP contribution in [0.2, 0.25) is 0 Å². The van der Waals surface area contributed by atoms with Gasteiger partial charge in [-0.05, 0) is 44.8 Å². The number of aromatic nitrogens is 2. The van der Waals surface area contributed by atoms with E-state index < -0.39 is 0 Å². The summed E-state index contributed by atoms with van der Waals surface area (Å²) in [5.41, 5.74) is 4.18. The largest absolute Gasteiger partial charge is 0.317 e. The zero-order valence-corrected chi connectivity index (χ0v) is 10.0. The van der Waals surface area contributed by atoms with Crippen LogP contribution in [0.5, 0.6) is 0 Å². The normalized spacial score (nSPS) is 18.3. The van der Waals surface area contributed by atoms with E-state index in [1.165, 1.54) is 29.8 Å². The van der Waals surface area contributed by atoms with Gasteiger partial charge in [0, 0.05) is 18.7 Å². The minimum atomic E-state index is 0.715. The predicted molar refractivity (Wildman–Crippen MR) is 62.2 cm³/mol. The molecule has 0 atom stereocenters. The van der Waals surface area contributed by atoms with Gasteiger partial charge >= 0.3 is 0 Å². The van der Waals surface area contributed by atoms with Gasteiger partial charge < -0.3 is 5.32 Å². The second-order valence-electron chi connectivity index (χ2n) is 4.45. The summed E-state index contributed by atoms with van der Waals surface area (Å²) in [6.45, 7) is 6.66. The van der Waals surface area contributed by atoms with E-state index in [9.17, 15) is 0 Å². The molecule has 2 heterocycles. The minimum Gasteiger partial charge on any atom is -0.317 e. The average molecular weight is 207 g/mol. The molecule has 1 fully saturated rings. The van der Waals surface area contributed by atoms with Crippen molar-refractivity contribution >= 4 is 0 Å². The molecule has 84 valence electrons. The number of nitrogens with one attached hydrogen (secondary N) is 1. The van der Waals surface area contributed by atoms with Crippen molar-refractivity contribution in [2.75, 3.05) is 13.1 Å². The third kappa shape index (κ3) is 1.93. The highest BCUT2D eigenvalue weighted by Gasteiger charge is 2.22. The molecule has 0 unspecified atom stereocenters. The van der Waals surface area contributed by atoms with Crippen molar-refractivity contribution < 1.29 is 0 Å². The fourth-order valence-corrected chi connectivity index (χ4v) is 2.76. The van der Waals surface area contributed by atoms with Crippen molar-refractivity contribution in [1.82, 2.24) is 15.1 Å². The summed E-state index contributed by atoms with van der Waals surface area (Å²) >= 11 is 0. The lowest BCUT2D eigenvalue weighted by atomic mass is 9.90. The highest BCUT2D eigenvalue weighted by Crippen LogP contribution is 2.29. The molecule has 3 heteroatoms. The molecular formula is C12H21N3. The van der Waals surface area contributed by atoms with Crippen LogP contribution in [0.1, 0.15) is 42.6 Å². The lowest BCUT2D eigenvalue weighted by Gasteiger charge is -2.24. The molecule has 15 heavy (non-hydrogen) atoms. The molecule has 1 aromatic rings. The Morgan fingerprint density at radius 2 is 2.07 bits per heavy atom. The van der Waals surface area contributed by atoms with Gasteiger partial charge in [-0.25, -0.2) is 0 Å². The molecule has 1 aromatic heterocycles. The van der Waals surface area contributed by atoms with E-state index in [1.807, 2.05) is 0 Å². The summed E-state index contributed by atoms with van der Waals surface area (Å²) < 4.78 is 2.10. The van der Waals surface area contributed by atoms with Crippen molar-refractivity contribution in [3.05, 3.63) is 17.0 Å². The van der Waals surface area contributed by atoms with E-state index in [-0.39, 0.29) is 0 Å². The van der Waals surface area contributed by atoms with Crippen molar-refractivity contribution in [3.63, 3.8) is 0 Å². The van der Waals surface area contributed by atoms with Gasteiger partial charge in [0.05, 0.1) is 5.69 Å². The van der Waals surface area contributed by atoms with Gasteiger partial charge in [-0.2, -0.15) is 5.10 Å². The molecule has 1 N–H and O–H groups in total. The topological polar surface area (TPSA) is 29.9 Å². The Morgan fingerprint density at radius 1 is 1.40 bits per heavy atom. The lowest BCUT2D eigenvalue weighted by molar-refractivity contribution is 0.438. The van der Waals surface area contributed by atoms with Gasteiger partial charge in [0.2, 0.25) is 0 Å². The van der Waals surface area contributed by atoms with Gasteiger partial charge in [0.25, 0.3) is 0 Å². The van der Waals surface area contributed by atoms with Crippen LogP contribution >= 0.6 is 0 Å². The van der Waals surface area contributed by atoms with Crippen LogP contribution in [0, 0.1) is 6.92 Å². The van der Waals surface area contributed by atoms with Gasteiger partial charge in [0.15, 0.2) is 0 Å². The number of rotatable bonds is 2. The first-order valence-corrected chi connectivity index (χ1v) is 5.97. The van der Waals surface area contributed by atoms with Crippen molar-refractivity contribution in [2.45, 2.75) is 39.0 Å². The molecule has 0 spiro atoms. The predicted octanol–water partition coefficient (Wildman–Crippen LogP) is 1.76. The Labute approximate surface area is 91.9 Å². The zero-order valence-electron chi connectivity index (χ0n) is 10.0. The number of nitrogens with zero attached hydrogens (tertiary/aromatic N) is 2. The average Bonchev–Trinajstić information content (AvgIpc) is 2.54. The Balaban J connectivity index is 2.32. The highest BCUT2D eigenvalue weighted by atomic mass is 15.3. The maximum Gasteiger partial charge on any atom is 0.0628 e. The first kappa shape index (κ1) is 10.7. The Bertz CT molecular complexity index is 335. The quantitative estimate of drug-likeness (QED) is 0.801. The summed E-state index contributed by atoms with van der Waals surface area (Å²) in [5, 5.41) is 7.97. The molecule has 1 saturated heterocycles. The molecule has 0 saturated carbocycles. The van der Waals surface area contributed by atoms with Crippen LogP contribution in [0.15, 0.2) is 0 Å². The second-order valence-corrected chi connectivity index (χ2v) is 4.45. The van der Waals surface area contributed by atoms with Gasteiger partial charge in [0.1, 0.15) is 0 Å². The maximum atomic E-state index is 4.55. The van der Waals surface area contributed by atoms with Crippen LogP contribution in [0.3, 0.4) is 0 Å². The summed E-state index contributed by atoms with van der Waals surface area (Å²) in [6.07, 6.45) is 3.62. The van der Waals surface area contributed by atoms with E-state index in [0.717, 1.165) is 19.5 Å². The first-order valence-electron chi connectivity index (χ1n) is 5.97. The standard InChI is InChI=1S/C12H21N3/c1-4-11-9(2)14-15(3)12(11)10-5-7-13-8-6-10/h10,13H,4-8H2,1-3H3. The van der Waals surface area contributed by atoms with Crippen LogP contribution in [0.25, 0.3) is 0 Å². The lowest BCUT2D eigenvalue weighted by Crippen LogP contribution is -2.28. The molecule has 3 nitrogen and oxygen atoms in total. The van der Waals surface area contributed by atoms with E-state index in [2.05, 4.69) is 36.0 Å². The van der Waals surface area contributed by atoms with Gasteiger partial charge in [-0.1, -0.05) is 6.92 Å². The van der Waals surface area contributed by atoms with Crippen molar-refractivity contribution in [1.29, 1.82) is 0 Å². The number of piperidine rings is 1. The SMILES string of the molecule is CCc1c(C)nn(C)c1C1CCNCC1.